The lowest BCUT2D eigenvalue weighted by Gasteiger charge is -2.30. The third kappa shape index (κ3) is 6.18. The number of rotatable bonds is 9. The van der Waals surface area contributed by atoms with Gasteiger partial charge in [0.2, 0.25) is 0 Å². The number of hydrogen-bond donors (Lipinski definition) is 0. The van der Waals surface area contributed by atoms with Crippen LogP contribution >= 0.6 is 0 Å². The lowest BCUT2D eigenvalue weighted by atomic mass is 10.1. The minimum Gasteiger partial charge on any atom is -0.305 e. The first-order chi connectivity index (χ1) is 8.60. The largest absolute Gasteiger partial charge is 0.305 e. The molecule has 0 aromatic rings. The van der Waals surface area contributed by atoms with E-state index in [-0.39, 0.29) is 0 Å². The summed E-state index contributed by atoms with van der Waals surface area (Å²) in [6.45, 7) is 17.0. The lowest BCUT2D eigenvalue weighted by molar-refractivity contribution is 0.210. The minimum atomic E-state index is 0.460. The molecular weight excluding hydrogens is 220 g/mol. The Labute approximate surface area is 114 Å². The second-order valence-electron chi connectivity index (χ2n) is 4.58. The van der Waals surface area contributed by atoms with Crippen LogP contribution in [0.2, 0.25) is 0 Å². The molecule has 0 saturated heterocycles. The van der Waals surface area contributed by atoms with Gasteiger partial charge in [-0.3, -0.25) is 4.90 Å². The molecule has 0 aliphatic rings. The Hall–Kier alpha value is -0.860. The van der Waals surface area contributed by atoms with Crippen LogP contribution in [0.15, 0.2) is 36.5 Å². The molecule has 0 aliphatic carbocycles. The summed E-state index contributed by atoms with van der Waals surface area (Å²) < 4.78 is 0. The second kappa shape index (κ2) is 10.1. The Morgan fingerprint density at radius 2 is 1.89 bits per heavy atom. The Bertz CT molecular complexity index is 279. The molecule has 2 heteroatoms. The van der Waals surface area contributed by atoms with Crippen LogP contribution in [0.4, 0.5) is 0 Å². The van der Waals surface area contributed by atoms with E-state index in [0.717, 1.165) is 26.2 Å². The highest BCUT2D eigenvalue weighted by atomic mass is 15.2. The lowest BCUT2D eigenvalue weighted by Crippen LogP contribution is -2.39. The summed E-state index contributed by atoms with van der Waals surface area (Å²) in [6.07, 6.45) is 8.19. The average Bonchev–Trinajstić information content (AvgIpc) is 2.39. The molecule has 0 aromatic heterocycles. The summed E-state index contributed by atoms with van der Waals surface area (Å²) in [4.78, 5) is 4.86. The van der Waals surface area contributed by atoms with Gasteiger partial charge in [-0.2, -0.15) is 0 Å². The van der Waals surface area contributed by atoms with E-state index in [4.69, 9.17) is 0 Å². The number of hydrogen-bond acceptors (Lipinski definition) is 2. The summed E-state index contributed by atoms with van der Waals surface area (Å²) in [6, 6.07) is 0.460. The normalized spacial score (nSPS) is 14.7. The van der Waals surface area contributed by atoms with Gasteiger partial charge in [0.15, 0.2) is 0 Å². The average molecular weight is 250 g/mol. The third-order valence-electron chi connectivity index (χ3n) is 3.50. The summed E-state index contributed by atoms with van der Waals surface area (Å²) in [5.41, 5.74) is 1.36. The molecule has 0 N–H and O–H groups in total. The molecule has 2 nitrogen and oxygen atoms in total. The molecular formula is C16H30N2. The topological polar surface area (TPSA) is 6.48 Å². The highest BCUT2D eigenvalue weighted by Crippen LogP contribution is 2.12. The van der Waals surface area contributed by atoms with Crippen molar-refractivity contribution in [2.45, 2.75) is 33.7 Å². The van der Waals surface area contributed by atoms with E-state index in [2.05, 4.69) is 63.3 Å². The summed E-state index contributed by atoms with van der Waals surface area (Å²) in [7, 11) is 2.17. The fourth-order valence-corrected chi connectivity index (χ4v) is 1.95. The van der Waals surface area contributed by atoms with E-state index in [1.54, 1.807) is 0 Å². The summed E-state index contributed by atoms with van der Waals surface area (Å²) in [5.74, 6) is 0. The van der Waals surface area contributed by atoms with Crippen molar-refractivity contribution in [2.75, 3.05) is 33.2 Å². The van der Waals surface area contributed by atoms with Crippen LogP contribution in [0.1, 0.15) is 27.7 Å². The zero-order valence-corrected chi connectivity index (χ0v) is 12.8. The van der Waals surface area contributed by atoms with Gasteiger partial charge >= 0.3 is 0 Å². The van der Waals surface area contributed by atoms with Crippen molar-refractivity contribution in [2.24, 2.45) is 0 Å². The van der Waals surface area contributed by atoms with Gasteiger partial charge in [0.05, 0.1) is 0 Å². The standard InChI is InChI=1S/C16H30N2/c1-7-11-12-16(8-2)15(5)18(10-4)14-13-17(6)9-3/h7-8,11-12,15H,1,9-10,13-14H2,2-6H3/b12-11-,16-8+. The molecule has 18 heavy (non-hydrogen) atoms. The van der Waals surface area contributed by atoms with Crippen molar-refractivity contribution in [3.63, 3.8) is 0 Å². The van der Waals surface area contributed by atoms with Gasteiger partial charge in [-0.1, -0.05) is 44.7 Å². The van der Waals surface area contributed by atoms with Crippen molar-refractivity contribution in [1.29, 1.82) is 0 Å². The SMILES string of the molecule is C=C/C=C\C(=C/C)C(C)N(CC)CCN(C)CC. The molecule has 1 atom stereocenters. The molecule has 0 spiro atoms. The Kier molecular flexibility index (Phi) is 9.62. The smallest absolute Gasteiger partial charge is 0.0317 e. The van der Waals surface area contributed by atoms with Crippen molar-refractivity contribution >= 4 is 0 Å². The van der Waals surface area contributed by atoms with Gasteiger partial charge < -0.3 is 4.90 Å². The number of likely N-dealkylation sites (N-methyl/N-ethyl adjacent to an activating group) is 2. The monoisotopic (exact) mass is 250 g/mol. The molecule has 0 bridgehead atoms. The molecule has 0 saturated carbocycles. The Morgan fingerprint density at radius 3 is 2.33 bits per heavy atom. The summed E-state index contributed by atoms with van der Waals surface area (Å²) in [5, 5.41) is 0. The van der Waals surface area contributed by atoms with Crippen LogP contribution in [0, 0.1) is 0 Å². The fraction of sp³-hybridized carbons (Fsp3) is 0.625. The molecule has 0 rings (SSSR count). The quantitative estimate of drug-likeness (QED) is 0.579. The predicted molar refractivity (Wildman–Crippen MR) is 83.0 cm³/mol. The van der Waals surface area contributed by atoms with Crippen molar-refractivity contribution in [1.82, 2.24) is 9.80 Å². The van der Waals surface area contributed by atoms with Crippen molar-refractivity contribution < 1.29 is 0 Å². The van der Waals surface area contributed by atoms with E-state index in [9.17, 15) is 0 Å². The zero-order chi connectivity index (χ0) is 14.0. The first kappa shape index (κ1) is 17.1. The number of nitrogens with zero attached hydrogens (tertiary/aromatic N) is 2. The highest BCUT2D eigenvalue weighted by Gasteiger charge is 2.14. The van der Waals surface area contributed by atoms with Gasteiger partial charge in [0, 0.05) is 19.1 Å². The maximum absolute atomic E-state index is 3.73. The van der Waals surface area contributed by atoms with Crippen LogP contribution in [0.25, 0.3) is 0 Å². The first-order valence-corrected chi connectivity index (χ1v) is 6.98. The predicted octanol–water partition coefficient (Wildman–Crippen LogP) is 3.34. The van der Waals surface area contributed by atoms with Gasteiger partial charge in [-0.15, -0.1) is 0 Å². The van der Waals surface area contributed by atoms with E-state index in [1.165, 1.54) is 5.57 Å². The maximum atomic E-state index is 3.73. The van der Waals surface area contributed by atoms with E-state index >= 15 is 0 Å². The highest BCUT2D eigenvalue weighted by molar-refractivity contribution is 5.25. The third-order valence-corrected chi connectivity index (χ3v) is 3.50. The van der Waals surface area contributed by atoms with Crippen LogP contribution in [-0.4, -0.2) is 49.1 Å². The Morgan fingerprint density at radius 1 is 1.22 bits per heavy atom. The molecule has 0 heterocycles. The molecule has 0 fully saturated rings. The molecule has 0 radical (unpaired) electrons. The van der Waals surface area contributed by atoms with Crippen LogP contribution in [0.5, 0.6) is 0 Å². The van der Waals surface area contributed by atoms with Crippen molar-refractivity contribution in [3.8, 4) is 0 Å². The van der Waals surface area contributed by atoms with E-state index in [0.29, 0.717) is 6.04 Å². The molecule has 104 valence electrons. The summed E-state index contributed by atoms with van der Waals surface area (Å²) >= 11 is 0. The minimum absolute atomic E-state index is 0.460. The zero-order valence-electron chi connectivity index (χ0n) is 12.8. The van der Waals surface area contributed by atoms with Crippen LogP contribution in [-0.2, 0) is 0 Å². The fourth-order valence-electron chi connectivity index (χ4n) is 1.95. The molecule has 1 unspecified atom stereocenters. The van der Waals surface area contributed by atoms with E-state index < -0.39 is 0 Å². The van der Waals surface area contributed by atoms with Gasteiger partial charge in [0.25, 0.3) is 0 Å². The van der Waals surface area contributed by atoms with E-state index in [1.807, 2.05) is 12.2 Å². The van der Waals surface area contributed by atoms with Gasteiger partial charge in [-0.25, -0.2) is 0 Å². The van der Waals surface area contributed by atoms with Crippen LogP contribution in [0.3, 0.4) is 0 Å². The molecule has 0 aliphatic heterocycles. The Balaban J connectivity index is 4.52. The maximum Gasteiger partial charge on any atom is 0.0317 e. The number of allylic oxidation sites excluding steroid dienone is 3. The van der Waals surface area contributed by atoms with Gasteiger partial charge in [0.1, 0.15) is 0 Å². The molecule has 0 aromatic carbocycles. The molecule has 0 amide bonds. The first-order valence-electron chi connectivity index (χ1n) is 6.98. The second-order valence-corrected chi connectivity index (χ2v) is 4.58. The van der Waals surface area contributed by atoms with Crippen molar-refractivity contribution in [3.05, 3.63) is 36.5 Å². The van der Waals surface area contributed by atoms with Crippen LogP contribution < -0.4 is 0 Å². The van der Waals surface area contributed by atoms with Gasteiger partial charge in [-0.05, 0) is 39.6 Å².